The highest BCUT2D eigenvalue weighted by Gasteiger charge is 2.35. The lowest BCUT2D eigenvalue weighted by atomic mass is 10.0. The summed E-state index contributed by atoms with van der Waals surface area (Å²) in [5, 5.41) is 3.44. The minimum Gasteiger partial charge on any atom is -0.374 e. The van der Waals surface area contributed by atoms with E-state index in [1.165, 1.54) is 32.5 Å². The monoisotopic (exact) mass is 198 g/mol. The fourth-order valence-corrected chi connectivity index (χ4v) is 2.47. The molecule has 1 unspecified atom stereocenters. The van der Waals surface area contributed by atoms with Gasteiger partial charge in [-0.25, -0.2) is 0 Å². The van der Waals surface area contributed by atoms with Gasteiger partial charge < -0.3 is 10.1 Å². The lowest BCUT2D eigenvalue weighted by molar-refractivity contribution is 0.0330. The molecular weight excluding hydrogens is 176 g/mol. The van der Waals surface area contributed by atoms with Gasteiger partial charge in [0.2, 0.25) is 0 Å². The Morgan fingerprint density at radius 3 is 2.86 bits per heavy atom. The molecule has 2 fully saturated rings. The van der Waals surface area contributed by atoms with Crippen molar-refractivity contribution in [3.63, 3.8) is 0 Å². The third kappa shape index (κ3) is 2.47. The van der Waals surface area contributed by atoms with Crippen molar-refractivity contribution in [2.75, 3.05) is 32.8 Å². The molecule has 0 saturated carbocycles. The standard InChI is InChI=1S/C11H22N2O/c1-11(2)8-10(9-14-11)13-6-3-4-12-5-7-13/h10,12H,3-9H2,1-2H3. The van der Waals surface area contributed by atoms with Gasteiger partial charge in [0.15, 0.2) is 0 Å². The van der Waals surface area contributed by atoms with Gasteiger partial charge in [-0.15, -0.1) is 0 Å². The Morgan fingerprint density at radius 1 is 1.29 bits per heavy atom. The fourth-order valence-electron chi connectivity index (χ4n) is 2.47. The first kappa shape index (κ1) is 10.4. The van der Waals surface area contributed by atoms with Crippen LogP contribution in [0, 0.1) is 0 Å². The van der Waals surface area contributed by atoms with Crippen molar-refractivity contribution >= 4 is 0 Å². The normalized spacial score (nSPS) is 34.3. The summed E-state index contributed by atoms with van der Waals surface area (Å²) < 4.78 is 5.78. The Kier molecular flexibility index (Phi) is 3.10. The Labute approximate surface area is 86.8 Å². The lowest BCUT2D eigenvalue weighted by Gasteiger charge is -2.26. The second-order valence-electron chi connectivity index (χ2n) is 5.07. The molecule has 2 aliphatic heterocycles. The summed E-state index contributed by atoms with van der Waals surface area (Å²) in [7, 11) is 0. The third-order valence-electron chi connectivity index (χ3n) is 3.28. The number of nitrogens with one attached hydrogen (secondary N) is 1. The van der Waals surface area contributed by atoms with Crippen molar-refractivity contribution in [1.82, 2.24) is 10.2 Å². The maximum Gasteiger partial charge on any atom is 0.0643 e. The summed E-state index contributed by atoms with van der Waals surface area (Å²) in [4.78, 5) is 2.59. The van der Waals surface area contributed by atoms with Crippen LogP contribution in [0.5, 0.6) is 0 Å². The zero-order chi connectivity index (χ0) is 10.0. The second-order valence-corrected chi connectivity index (χ2v) is 5.07. The van der Waals surface area contributed by atoms with E-state index in [0.717, 1.165) is 13.2 Å². The first-order chi connectivity index (χ1) is 6.67. The second kappa shape index (κ2) is 4.17. The van der Waals surface area contributed by atoms with Crippen LogP contribution in [-0.2, 0) is 4.74 Å². The topological polar surface area (TPSA) is 24.5 Å². The zero-order valence-corrected chi connectivity index (χ0v) is 9.38. The lowest BCUT2D eigenvalue weighted by Crippen LogP contribution is -2.38. The molecule has 2 aliphatic rings. The Morgan fingerprint density at radius 2 is 2.14 bits per heavy atom. The van der Waals surface area contributed by atoms with E-state index in [1.54, 1.807) is 0 Å². The molecular formula is C11H22N2O. The maximum atomic E-state index is 5.78. The van der Waals surface area contributed by atoms with E-state index in [4.69, 9.17) is 4.74 Å². The summed E-state index contributed by atoms with van der Waals surface area (Å²) in [6.07, 6.45) is 2.46. The molecule has 2 rings (SSSR count). The van der Waals surface area contributed by atoms with E-state index in [0.29, 0.717) is 6.04 Å². The van der Waals surface area contributed by atoms with Crippen molar-refractivity contribution < 1.29 is 4.74 Å². The Bertz CT molecular complexity index is 183. The highest BCUT2D eigenvalue weighted by molar-refractivity contribution is 4.87. The molecule has 3 nitrogen and oxygen atoms in total. The predicted octanol–water partition coefficient (Wildman–Crippen LogP) is 0.849. The quantitative estimate of drug-likeness (QED) is 0.676. The van der Waals surface area contributed by atoms with Gasteiger partial charge in [-0.1, -0.05) is 0 Å². The van der Waals surface area contributed by atoms with Crippen molar-refractivity contribution in [1.29, 1.82) is 0 Å². The maximum absolute atomic E-state index is 5.78. The summed E-state index contributed by atoms with van der Waals surface area (Å²) in [6.45, 7) is 10.0. The molecule has 0 radical (unpaired) electrons. The summed E-state index contributed by atoms with van der Waals surface area (Å²) in [5.41, 5.74) is 0.102. The minimum atomic E-state index is 0.102. The van der Waals surface area contributed by atoms with Crippen molar-refractivity contribution in [3.8, 4) is 0 Å². The van der Waals surface area contributed by atoms with Crippen LogP contribution in [0.4, 0.5) is 0 Å². The van der Waals surface area contributed by atoms with Gasteiger partial charge in [-0.3, -0.25) is 4.90 Å². The number of ether oxygens (including phenoxy) is 1. The van der Waals surface area contributed by atoms with Crippen LogP contribution in [0.2, 0.25) is 0 Å². The highest BCUT2D eigenvalue weighted by Crippen LogP contribution is 2.27. The van der Waals surface area contributed by atoms with Gasteiger partial charge in [-0.2, -0.15) is 0 Å². The SMILES string of the molecule is CC1(C)CC(N2CCCNCC2)CO1. The van der Waals surface area contributed by atoms with Crippen LogP contribution in [0.1, 0.15) is 26.7 Å². The summed E-state index contributed by atoms with van der Waals surface area (Å²) >= 11 is 0. The molecule has 1 atom stereocenters. The first-order valence-corrected chi connectivity index (χ1v) is 5.76. The average molecular weight is 198 g/mol. The minimum absolute atomic E-state index is 0.102. The van der Waals surface area contributed by atoms with Crippen molar-refractivity contribution in [2.24, 2.45) is 0 Å². The van der Waals surface area contributed by atoms with E-state index in [2.05, 4.69) is 24.1 Å². The average Bonchev–Trinajstić information content (AvgIpc) is 2.42. The van der Waals surface area contributed by atoms with E-state index in [9.17, 15) is 0 Å². The van der Waals surface area contributed by atoms with E-state index in [-0.39, 0.29) is 5.60 Å². The third-order valence-corrected chi connectivity index (χ3v) is 3.28. The van der Waals surface area contributed by atoms with Crippen LogP contribution >= 0.6 is 0 Å². The number of nitrogens with zero attached hydrogens (tertiary/aromatic N) is 1. The molecule has 0 bridgehead atoms. The number of rotatable bonds is 1. The van der Waals surface area contributed by atoms with Gasteiger partial charge >= 0.3 is 0 Å². The number of hydrogen-bond donors (Lipinski definition) is 1. The van der Waals surface area contributed by atoms with Crippen LogP contribution in [0.3, 0.4) is 0 Å². The van der Waals surface area contributed by atoms with Crippen molar-refractivity contribution in [3.05, 3.63) is 0 Å². The van der Waals surface area contributed by atoms with Gasteiger partial charge in [0.05, 0.1) is 12.2 Å². The van der Waals surface area contributed by atoms with Gasteiger partial charge in [0.1, 0.15) is 0 Å². The predicted molar refractivity (Wildman–Crippen MR) is 57.5 cm³/mol. The van der Waals surface area contributed by atoms with E-state index >= 15 is 0 Å². The Balaban J connectivity index is 1.88. The molecule has 82 valence electrons. The molecule has 1 N–H and O–H groups in total. The van der Waals surface area contributed by atoms with Crippen LogP contribution < -0.4 is 5.32 Å². The van der Waals surface area contributed by atoms with Crippen molar-refractivity contribution in [2.45, 2.75) is 38.3 Å². The summed E-state index contributed by atoms with van der Waals surface area (Å²) in [6, 6.07) is 0.657. The van der Waals surface area contributed by atoms with Gasteiger partial charge in [-0.05, 0) is 39.8 Å². The zero-order valence-electron chi connectivity index (χ0n) is 9.38. The molecule has 0 spiro atoms. The molecule has 0 aromatic rings. The molecule has 14 heavy (non-hydrogen) atoms. The van der Waals surface area contributed by atoms with E-state index < -0.39 is 0 Å². The smallest absolute Gasteiger partial charge is 0.0643 e. The molecule has 3 heteroatoms. The van der Waals surface area contributed by atoms with Gasteiger partial charge in [0.25, 0.3) is 0 Å². The largest absolute Gasteiger partial charge is 0.374 e. The Hall–Kier alpha value is -0.120. The number of hydrogen-bond acceptors (Lipinski definition) is 3. The molecule has 0 amide bonds. The van der Waals surface area contributed by atoms with Gasteiger partial charge in [0, 0.05) is 19.1 Å². The molecule has 2 saturated heterocycles. The first-order valence-electron chi connectivity index (χ1n) is 5.76. The van der Waals surface area contributed by atoms with Crippen LogP contribution in [0.15, 0.2) is 0 Å². The van der Waals surface area contributed by atoms with Crippen LogP contribution in [0.25, 0.3) is 0 Å². The summed E-state index contributed by atoms with van der Waals surface area (Å²) in [5.74, 6) is 0. The van der Waals surface area contributed by atoms with Crippen LogP contribution in [-0.4, -0.2) is 49.3 Å². The molecule has 0 aromatic carbocycles. The molecule has 0 aliphatic carbocycles. The molecule has 2 heterocycles. The fraction of sp³-hybridized carbons (Fsp3) is 1.00. The molecule has 0 aromatic heterocycles. The highest BCUT2D eigenvalue weighted by atomic mass is 16.5. The van der Waals surface area contributed by atoms with E-state index in [1.807, 2.05) is 0 Å².